The predicted molar refractivity (Wildman–Crippen MR) is 117 cm³/mol. The van der Waals surface area contributed by atoms with E-state index in [1.807, 2.05) is 0 Å². The van der Waals surface area contributed by atoms with Gasteiger partial charge in [-0.3, -0.25) is 4.79 Å². The van der Waals surface area contributed by atoms with Gasteiger partial charge in [0.05, 0.1) is 6.61 Å². The van der Waals surface area contributed by atoms with E-state index in [9.17, 15) is 4.79 Å². The van der Waals surface area contributed by atoms with E-state index in [0.29, 0.717) is 13.0 Å². The Morgan fingerprint density at radius 1 is 0.667 bits per heavy atom. The number of carbonyl (C=O) groups excluding carboxylic acids is 1. The summed E-state index contributed by atoms with van der Waals surface area (Å²) in [5, 5.41) is 0. The minimum absolute atomic E-state index is 0.0242. The average molecular weight is 381 g/mol. The molecule has 1 aliphatic rings. The second-order valence-corrected chi connectivity index (χ2v) is 8.86. The van der Waals surface area contributed by atoms with Crippen molar-refractivity contribution in [3.63, 3.8) is 0 Å². The normalized spacial score (nSPS) is 13.8. The standard InChI is InChI=1S/C25H48O2/c1-2-3-4-5-6-7-8-9-10-11-12-15-18-23-27-25(26)20-17-14-13-16-19-24-21-22-24/h24H,2-23H2,1H3. The molecular formula is C25H48O2. The molecule has 1 aliphatic carbocycles. The van der Waals surface area contributed by atoms with E-state index in [1.54, 1.807) is 0 Å². The second-order valence-electron chi connectivity index (χ2n) is 8.86. The molecule has 0 aromatic heterocycles. The molecular weight excluding hydrogens is 332 g/mol. The fourth-order valence-electron chi connectivity index (χ4n) is 3.84. The Morgan fingerprint density at radius 3 is 1.70 bits per heavy atom. The average Bonchev–Trinajstić information content (AvgIpc) is 3.49. The minimum atomic E-state index is 0.0242. The van der Waals surface area contributed by atoms with E-state index in [-0.39, 0.29) is 5.97 Å². The molecule has 0 radical (unpaired) electrons. The van der Waals surface area contributed by atoms with Gasteiger partial charge >= 0.3 is 5.97 Å². The van der Waals surface area contributed by atoms with E-state index in [2.05, 4.69) is 6.92 Å². The van der Waals surface area contributed by atoms with Gasteiger partial charge in [0.2, 0.25) is 0 Å². The van der Waals surface area contributed by atoms with Crippen LogP contribution in [0.25, 0.3) is 0 Å². The highest BCUT2D eigenvalue weighted by Crippen LogP contribution is 2.34. The summed E-state index contributed by atoms with van der Waals surface area (Å²) in [6, 6.07) is 0. The van der Waals surface area contributed by atoms with Gasteiger partial charge in [0, 0.05) is 6.42 Å². The molecule has 0 atom stereocenters. The van der Waals surface area contributed by atoms with E-state index < -0.39 is 0 Å². The van der Waals surface area contributed by atoms with Crippen LogP contribution < -0.4 is 0 Å². The van der Waals surface area contributed by atoms with Crippen molar-refractivity contribution in [1.82, 2.24) is 0 Å². The maximum atomic E-state index is 11.7. The van der Waals surface area contributed by atoms with Crippen LogP contribution >= 0.6 is 0 Å². The molecule has 0 spiro atoms. The minimum Gasteiger partial charge on any atom is -0.466 e. The van der Waals surface area contributed by atoms with E-state index >= 15 is 0 Å². The number of ether oxygens (including phenoxy) is 1. The van der Waals surface area contributed by atoms with Gasteiger partial charge in [0.15, 0.2) is 0 Å². The summed E-state index contributed by atoms with van der Waals surface area (Å²) >= 11 is 0. The Bertz CT molecular complexity index is 322. The Hall–Kier alpha value is -0.530. The zero-order valence-corrected chi connectivity index (χ0v) is 18.5. The van der Waals surface area contributed by atoms with Gasteiger partial charge < -0.3 is 4.74 Å². The molecule has 2 nitrogen and oxygen atoms in total. The predicted octanol–water partition coefficient (Wildman–Crippen LogP) is 8.37. The third-order valence-electron chi connectivity index (χ3n) is 5.95. The summed E-state index contributed by atoms with van der Waals surface area (Å²) < 4.78 is 5.36. The number of carbonyl (C=O) groups is 1. The number of hydrogen-bond donors (Lipinski definition) is 0. The van der Waals surface area contributed by atoms with Crippen LogP contribution in [0.15, 0.2) is 0 Å². The third-order valence-corrected chi connectivity index (χ3v) is 5.95. The zero-order chi connectivity index (χ0) is 19.4. The molecule has 0 aliphatic heterocycles. The van der Waals surface area contributed by atoms with Crippen molar-refractivity contribution in [3.8, 4) is 0 Å². The molecule has 27 heavy (non-hydrogen) atoms. The first-order chi connectivity index (χ1) is 13.3. The van der Waals surface area contributed by atoms with Gasteiger partial charge in [-0.05, 0) is 18.8 Å². The van der Waals surface area contributed by atoms with Crippen LogP contribution in [0.3, 0.4) is 0 Å². The lowest BCUT2D eigenvalue weighted by Crippen LogP contribution is -2.05. The van der Waals surface area contributed by atoms with Gasteiger partial charge in [-0.15, -0.1) is 0 Å². The van der Waals surface area contributed by atoms with Crippen LogP contribution in [-0.2, 0) is 9.53 Å². The van der Waals surface area contributed by atoms with Crippen LogP contribution in [-0.4, -0.2) is 12.6 Å². The summed E-state index contributed by atoms with van der Waals surface area (Å²) in [7, 11) is 0. The van der Waals surface area contributed by atoms with Gasteiger partial charge in [-0.25, -0.2) is 0 Å². The summed E-state index contributed by atoms with van der Waals surface area (Å²) in [5.41, 5.74) is 0. The lowest BCUT2D eigenvalue weighted by atomic mass is 10.0. The molecule has 0 heterocycles. The highest BCUT2D eigenvalue weighted by atomic mass is 16.5. The van der Waals surface area contributed by atoms with Crippen LogP contribution in [0.1, 0.15) is 142 Å². The number of unbranched alkanes of at least 4 members (excludes halogenated alkanes) is 15. The quantitative estimate of drug-likeness (QED) is 0.148. The molecule has 0 bridgehead atoms. The fraction of sp³-hybridized carbons (Fsp3) is 0.960. The summed E-state index contributed by atoms with van der Waals surface area (Å²) in [5.74, 6) is 1.08. The highest BCUT2D eigenvalue weighted by molar-refractivity contribution is 5.69. The zero-order valence-electron chi connectivity index (χ0n) is 18.5. The Balaban J connectivity index is 1.67. The van der Waals surface area contributed by atoms with Gasteiger partial charge in [0.25, 0.3) is 0 Å². The van der Waals surface area contributed by atoms with E-state index in [1.165, 1.54) is 116 Å². The Kier molecular flexibility index (Phi) is 17.1. The summed E-state index contributed by atoms with van der Waals surface area (Å²) in [6.07, 6.45) is 27.5. The molecule has 0 aromatic carbocycles. The number of hydrogen-bond acceptors (Lipinski definition) is 2. The van der Waals surface area contributed by atoms with Crippen molar-refractivity contribution in [2.24, 2.45) is 5.92 Å². The summed E-state index contributed by atoms with van der Waals surface area (Å²) in [4.78, 5) is 11.7. The molecule has 0 N–H and O–H groups in total. The third kappa shape index (κ3) is 18.6. The number of rotatable bonds is 21. The molecule has 1 saturated carbocycles. The first kappa shape index (κ1) is 24.5. The topological polar surface area (TPSA) is 26.3 Å². The van der Waals surface area contributed by atoms with Crippen molar-refractivity contribution in [2.75, 3.05) is 6.61 Å². The highest BCUT2D eigenvalue weighted by Gasteiger charge is 2.19. The largest absolute Gasteiger partial charge is 0.466 e. The van der Waals surface area contributed by atoms with E-state index in [4.69, 9.17) is 4.74 Å². The van der Waals surface area contributed by atoms with Crippen LogP contribution in [0.2, 0.25) is 0 Å². The lowest BCUT2D eigenvalue weighted by Gasteiger charge is -2.05. The smallest absolute Gasteiger partial charge is 0.305 e. The van der Waals surface area contributed by atoms with Gasteiger partial charge in [0.1, 0.15) is 0 Å². The lowest BCUT2D eigenvalue weighted by molar-refractivity contribution is -0.143. The Labute approximate surface area is 170 Å². The number of esters is 1. The SMILES string of the molecule is CCCCCCCCCCCCCCCOC(=O)CCCCCCC1CC1. The van der Waals surface area contributed by atoms with Crippen LogP contribution in [0.4, 0.5) is 0 Å². The second kappa shape index (κ2) is 18.8. The summed E-state index contributed by atoms with van der Waals surface area (Å²) in [6.45, 7) is 2.92. The molecule has 0 amide bonds. The van der Waals surface area contributed by atoms with Crippen molar-refractivity contribution in [2.45, 2.75) is 142 Å². The molecule has 2 heteroatoms. The van der Waals surface area contributed by atoms with Crippen molar-refractivity contribution in [3.05, 3.63) is 0 Å². The van der Waals surface area contributed by atoms with Crippen molar-refractivity contribution >= 4 is 5.97 Å². The fourth-order valence-corrected chi connectivity index (χ4v) is 3.84. The van der Waals surface area contributed by atoms with Crippen molar-refractivity contribution in [1.29, 1.82) is 0 Å². The van der Waals surface area contributed by atoms with Crippen LogP contribution in [0, 0.1) is 5.92 Å². The first-order valence-corrected chi connectivity index (χ1v) is 12.5. The molecule has 1 rings (SSSR count). The molecule has 1 fully saturated rings. The Morgan fingerprint density at radius 2 is 1.15 bits per heavy atom. The molecule has 0 unspecified atom stereocenters. The maximum absolute atomic E-state index is 11.7. The monoisotopic (exact) mass is 380 g/mol. The van der Waals surface area contributed by atoms with Crippen molar-refractivity contribution < 1.29 is 9.53 Å². The molecule has 160 valence electrons. The molecule has 0 aromatic rings. The van der Waals surface area contributed by atoms with Gasteiger partial charge in [-0.2, -0.15) is 0 Å². The first-order valence-electron chi connectivity index (χ1n) is 12.5. The molecule has 0 saturated heterocycles. The van der Waals surface area contributed by atoms with Crippen LogP contribution in [0.5, 0.6) is 0 Å². The maximum Gasteiger partial charge on any atom is 0.305 e. The van der Waals surface area contributed by atoms with Gasteiger partial charge in [-0.1, -0.05) is 122 Å². The van der Waals surface area contributed by atoms with E-state index in [0.717, 1.165) is 18.8 Å².